The van der Waals surface area contributed by atoms with Gasteiger partial charge in [-0.15, -0.1) is 11.3 Å². The molecule has 8 heteroatoms. The first-order valence-corrected chi connectivity index (χ1v) is 10.6. The van der Waals surface area contributed by atoms with Gasteiger partial charge in [0.2, 0.25) is 4.80 Å². The first-order chi connectivity index (χ1) is 13.0. The van der Waals surface area contributed by atoms with Crippen LogP contribution >= 0.6 is 43.2 Å². The number of aromatic hydroxyl groups is 1. The molecule has 3 aromatic rings. The first kappa shape index (κ1) is 19.9. The van der Waals surface area contributed by atoms with Gasteiger partial charge >= 0.3 is 0 Å². The standard InChI is InChI=1S/C19H17Br2N3O2S/c1-3-22-19-24(16(11-27-19)13-4-6-14(20)7-5-13)23-10-12-8-15(21)18(25)17(9-12)26-2/h4-11,25H,3H2,1-2H3. The number of nitrogens with zero attached hydrogens (tertiary/aromatic N) is 3. The normalized spacial score (nSPS) is 12.1. The number of rotatable bonds is 5. The van der Waals surface area contributed by atoms with Crippen molar-refractivity contribution >= 4 is 49.4 Å². The molecule has 0 unspecified atom stereocenters. The summed E-state index contributed by atoms with van der Waals surface area (Å²) in [6, 6.07) is 11.6. The van der Waals surface area contributed by atoms with E-state index in [1.165, 1.54) is 7.11 Å². The Hall–Kier alpha value is -1.90. The SMILES string of the molecule is CCN=c1scc(-c2ccc(Br)cc2)n1N=Cc1cc(Br)c(O)c(OC)c1. The van der Waals surface area contributed by atoms with Crippen molar-refractivity contribution in [1.29, 1.82) is 0 Å². The average molecular weight is 511 g/mol. The molecule has 1 heterocycles. The Kier molecular flexibility index (Phi) is 6.51. The van der Waals surface area contributed by atoms with Gasteiger partial charge in [0.05, 0.1) is 23.5 Å². The Balaban J connectivity index is 2.07. The number of hydrogen-bond acceptors (Lipinski definition) is 5. The van der Waals surface area contributed by atoms with E-state index < -0.39 is 0 Å². The summed E-state index contributed by atoms with van der Waals surface area (Å²) in [6.45, 7) is 2.67. The van der Waals surface area contributed by atoms with Gasteiger partial charge in [0.25, 0.3) is 0 Å². The summed E-state index contributed by atoms with van der Waals surface area (Å²) in [7, 11) is 1.51. The Labute approximate surface area is 177 Å². The summed E-state index contributed by atoms with van der Waals surface area (Å²) in [5, 5.41) is 16.6. The third-order valence-corrected chi connectivity index (χ3v) is 5.70. The summed E-state index contributed by atoms with van der Waals surface area (Å²) >= 11 is 8.34. The highest BCUT2D eigenvalue weighted by Gasteiger charge is 2.09. The molecule has 0 fully saturated rings. The van der Waals surface area contributed by atoms with Crippen LogP contribution in [0.4, 0.5) is 0 Å². The van der Waals surface area contributed by atoms with Crippen LogP contribution < -0.4 is 9.54 Å². The highest BCUT2D eigenvalue weighted by Crippen LogP contribution is 2.34. The number of methoxy groups -OCH3 is 1. The monoisotopic (exact) mass is 509 g/mol. The van der Waals surface area contributed by atoms with Gasteiger partial charge in [-0.3, -0.25) is 4.99 Å². The first-order valence-electron chi connectivity index (χ1n) is 8.11. The van der Waals surface area contributed by atoms with Gasteiger partial charge in [0.15, 0.2) is 11.5 Å². The Bertz CT molecular complexity index is 1040. The molecule has 140 valence electrons. The van der Waals surface area contributed by atoms with E-state index in [0.29, 0.717) is 16.8 Å². The van der Waals surface area contributed by atoms with Crippen LogP contribution in [0.1, 0.15) is 12.5 Å². The predicted molar refractivity (Wildman–Crippen MR) is 117 cm³/mol. The molecule has 0 radical (unpaired) electrons. The van der Waals surface area contributed by atoms with Crippen molar-refractivity contribution in [2.75, 3.05) is 13.7 Å². The minimum absolute atomic E-state index is 0.0649. The smallest absolute Gasteiger partial charge is 0.206 e. The number of hydrogen-bond donors (Lipinski definition) is 1. The van der Waals surface area contributed by atoms with Crippen LogP contribution in [-0.4, -0.2) is 29.7 Å². The molecule has 0 aliphatic rings. The minimum Gasteiger partial charge on any atom is -0.503 e. The molecule has 0 aliphatic carbocycles. The topological polar surface area (TPSA) is 59.1 Å². The molecule has 0 bridgehead atoms. The fraction of sp³-hybridized carbons (Fsp3) is 0.158. The molecular formula is C19H17Br2N3O2S. The van der Waals surface area contributed by atoms with E-state index in [1.807, 2.05) is 41.2 Å². The van der Waals surface area contributed by atoms with Crippen LogP contribution in [0, 0.1) is 0 Å². The van der Waals surface area contributed by atoms with Crippen LogP contribution in [0.15, 0.2) is 60.8 Å². The maximum atomic E-state index is 9.96. The highest BCUT2D eigenvalue weighted by atomic mass is 79.9. The number of aromatic nitrogens is 1. The molecule has 27 heavy (non-hydrogen) atoms. The van der Waals surface area contributed by atoms with Crippen LogP contribution in [0.25, 0.3) is 11.3 Å². The summed E-state index contributed by atoms with van der Waals surface area (Å²) in [5.74, 6) is 0.447. The maximum Gasteiger partial charge on any atom is 0.206 e. The maximum absolute atomic E-state index is 9.96. The van der Waals surface area contributed by atoms with E-state index >= 15 is 0 Å². The summed E-state index contributed by atoms with van der Waals surface area (Å²) in [6.07, 6.45) is 1.72. The lowest BCUT2D eigenvalue weighted by Gasteiger charge is -2.07. The number of benzene rings is 2. The number of thiazole rings is 1. The molecule has 0 atom stereocenters. The van der Waals surface area contributed by atoms with Crippen LogP contribution in [0.5, 0.6) is 11.5 Å². The van der Waals surface area contributed by atoms with E-state index in [-0.39, 0.29) is 5.75 Å². The van der Waals surface area contributed by atoms with Crippen molar-refractivity contribution in [1.82, 2.24) is 4.68 Å². The van der Waals surface area contributed by atoms with E-state index in [9.17, 15) is 5.11 Å². The van der Waals surface area contributed by atoms with Crippen molar-refractivity contribution in [3.63, 3.8) is 0 Å². The number of phenolic OH excluding ortho intramolecular Hbond substituents is 1. The number of halogens is 2. The second-order valence-electron chi connectivity index (χ2n) is 5.49. The van der Waals surface area contributed by atoms with E-state index in [4.69, 9.17) is 4.74 Å². The van der Waals surface area contributed by atoms with Gasteiger partial charge in [-0.1, -0.05) is 28.1 Å². The zero-order valence-corrected chi connectivity index (χ0v) is 18.7. The van der Waals surface area contributed by atoms with Crippen molar-refractivity contribution in [3.8, 4) is 22.8 Å². The molecule has 2 aromatic carbocycles. The van der Waals surface area contributed by atoms with E-state index in [0.717, 1.165) is 26.1 Å². The highest BCUT2D eigenvalue weighted by molar-refractivity contribution is 9.10. The second-order valence-corrected chi connectivity index (χ2v) is 8.10. The van der Waals surface area contributed by atoms with Crippen LogP contribution in [0.2, 0.25) is 0 Å². The molecule has 0 aliphatic heterocycles. The minimum atomic E-state index is 0.0649. The Morgan fingerprint density at radius 3 is 2.63 bits per heavy atom. The zero-order valence-electron chi connectivity index (χ0n) is 14.7. The van der Waals surface area contributed by atoms with Gasteiger partial charge in [-0.2, -0.15) is 5.10 Å². The third kappa shape index (κ3) is 4.51. The van der Waals surface area contributed by atoms with Gasteiger partial charge in [0, 0.05) is 22.0 Å². The quantitative estimate of drug-likeness (QED) is 0.476. The fourth-order valence-corrected chi connectivity index (χ4v) is 4.05. The van der Waals surface area contributed by atoms with E-state index in [1.54, 1.807) is 29.7 Å². The van der Waals surface area contributed by atoms with Gasteiger partial charge in [-0.25, -0.2) is 4.68 Å². The second kappa shape index (κ2) is 8.86. The van der Waals surface area contributed by atoms with E-state index in [2.05, 4.69) is 42.0 Å². The molecule has 5 nitrogen and oxygen atoms in total. The Morgan fingerprint density at radius 2 is 1.96 bits per heavy atom. The van der Waals surface area contributed by atoms with Crippen molar-refractivity contribution in [2.45, 2.75) is 6.92 Å². The van der Waals surface area contributed by atoms with Crippen LogP contribution in [-0.2, 0) is 0 Å². The average Bonchev–Trinajstić information content (AvgIpc) is 3.06. The number of phenols is 1. The van der Waals surface area contributed by atoms with Crippen molar-refractivity contribution < 1.29 is 9.84 Å². The zero-order chi connectivity index (χ0) is 19.4. The third-order valence-electron chi connectivity index (χ3n) is 3.71. The molecule has 1 aromatic heterocycles. The summed E-state index contributed by atoms with van der Waals surface area (Å²) < 4.78 is 8.60. The van der Waals surface area contributed by atoms with Crippen molar-refractivity contribution in [3.05, 3.63) is 61.1 Å². The van der Waals surface area contributed by atoms with Gasteiger partial charge in [0.1, 0.15) is 0 Å². The molecular weight excluding hydrogens is 494 g/mol. The Morgan fingerprint density at radius 1 is 1.22 bits per heavy atom. The molecule has 1 N–H and O–H groups in total. The fourth-order valence-electron chi connectivity index (χ4n) is 2.42. The lowest BCUT2D eigenvalue weighted by Crippen LogP contribution is -2.12. The van der Waals surface area contributed by atoms with Gasteiger partial charge in [-0.05, 0) is 52.7 Å². The molecule has 0 saturated heterocycles. The lowest BCUT2D eigenvalue weighted by molar-refractivity contribution is 0.372. The molecule has 0 saturated carbocycles. The van der Waals surface area contributed by atoms with Gasteiger partial charge < -0.3 is 9.84 Å². The summed E-state index contributed by atoms with van der Waals surface area (Å²) in [5.41, 5.74) is 2.80. The number of ether oxygens (including phenoxy) is 1. The molecule has 0 amide bonds. The van der Waals surface area contributed by atoms with Crippen LogP contribution in [0.3, 0.4) is 0 Å². The van der Waals surface area contributed by atoms with Crippen molar-refractivity contribution in [2.24, 2.45) is 10.1 Å². The molecule has 0 spiro atoms. The predicted octanol–water partition coefficient (Wildman–Crippen LogP) is 5.26. The molecule has 3 rings (SSSR count). The lowest BCUT2D eigenvalue weighted by atomic mass is 10.2. The summed E-state index contributed by atoms with van der Waals surface area (Å²) in [4.78, 5) is 5.35. The largest absolute Gasteiger partial charge is 0.503 e.